The van der Waals surface area contributed by atoms with Crippen molar-refractivity contribution in [1.82, 2.24) is 14.8 Å². The number of pyridine rings is 1. The molecule has 2 heterocycles. The molecule has 1 amide bonds. The summed E-state index contributed by atoms with van der Waals surface area (Å²) in [5.74, 6) is 0.932. The van der Waals surface area contributed by atoms with Crippen LogP contribution in [0.4, 0.5) is 5.82 Å². The molecule has 0 saturated heterocycles. The highest BCUT2D eigenvalue weighted by Gasteiger charge is 2.31. The molecule has 1 aliphatic rings. The van der Waals surface area contributed by atoms with Crippen LogP contribution < -0.4 is 5.32 Å². The fourth-order valence-corrected chi connectivity index (χ4v) is 2.46. The first kappa shape index (κ1) is 13.5. The fraction of sp³-hybridized carbons (Fsp3) is 0.176. The summed E-state index contributed by atoms with van der Waals surface area (Å²) in [7, 11) is 0. The van der Waals surface area contributed by atoms with Gasteiger partial charge in [-0.2, -0.15) is 15.0 Å². The van der Waals surface area contributed by atoms with Gasteiger partial charge < -0.3 is 5.32 Å². The highest BCUT2D eigenvalue weighted by Crippen LogP contribution is 2.31. The number of carbonyl (C=O) groups excluding carboxylic acids is 1. The van der Waals surface area contributed by atoms with Crippen LogP contribution in [0.25, 0.3) is 16.7 Å². The van der Waals surface area contributed by atoms with E-state index < -0.39 is 0 Å². The van der Waals surface area contributed by atoms with Crippen molar-refractivity contribution in [3.8, 4) is 11.9 Å². The third-order valence-corrected chi connectivity index (χ3v) is 3.88. The van der Waals surface area contributed by atoms with E-state index in [1.165, 1.54) is 10.9 Å². The Hall–Kier alpha value is -3.20. The molecule has 1 N–H and O–H groups in total. The Labute approximate surface area is 132 Å². The number of hydrogen-bond acceptors (Lipinski definition) is 4. The zero-order valence-corrected chi connectivity index (χ0v) is 12.2. The van der Waals surface area contributed by atoms with Crippen LogP contribution in [0, 0.1) is 17.2 Å². The molecule has 6 heteroatoms. The van der Waals surface area contributed by atoms with Crippen LogP contribution in [0.2, 0.25) is 0 Å². The van der Waals surface area contributed by atoms with Gasteiger partial charge in [0.25, 0.3) is 0 Å². The molecule has 23 heavy (non-hydrogen) atoms. The maximum atomic E-state index is 12.1. The maximum Gasteiger partial charge on any atom is 0.228 e. The number of benzene rings is 1. The van der Waals surface area contributed by atoms with Crippen molar-refractivity contribution in [3.05, 3.63) is 48.2 Å². The number of fused-ring (bicyclic) bond motifs is 1. The topological polar surface area (TPSA) is 83.6 Å². The van der Waals surface area contributed by atoms with Gasteiger partial charge in [0, 0.05) is 11.3 Å². The predicted molar refractivity (Wildman–Crippen MR) is 84.9 cm³/mol. The summed E-state index contributed by atoms with van der Waals surface area (Å²) >= 11 is 0. The lowest BCUT2D eigenvalue weighted by atomic mass is 10.2. The van der Waals surface area contributed by atoms with E-state index in [9.17, 15) is 10.1 Å². The highest BCUT2D eigenvalue weighted by molar-refractivity contribution is 5.94. The normalized spacial score (nSPS) is 13.7. The number of anilines is 1. The van der Waals surface area contributed by atoms with Gasteiger partial charge in [0.1, 0.15) is 11.6 Å². The monoisotopic (exact) mass is 303 g/mol. The zero-order chi connectivity index (χ0) is 15.8. The van der Waals surface area contributed by atoms with Crippen LogP contribution >= 0.6 is 0 Å². The number of carbonyl (C=O) groups is 1. The van der Waals surface area contributed by atoms with E-state index in [-0.39, 0.29) is 11.8 Å². The standard InChI is InChI=1S/C17H13N5O/c18-9-13-10-19-22(16(13)21-17(23)12-5-6-12)15-8-7-11-3-1-2-4-14(11)20-15/h1-4,7-8,10,12H,5-6H2,(H,21,23). The Morgan fingerprint density at radius 2 is 2.09 bits per heavy atom. The molecule has 0 unspecified atom stereocenters. The minimum absolute atomic E-state index is 0.0504. The van der Waals surface area contributed by atoms with Crippen molar-refractivity contribution in [2.45, 2.75) is 12.8 Å². The summed E-state index contributed by atoms with van der Waals surface area (Å²) in [4.78, 5) is 16.6. The molecule has 6 nitrogen and oxygen atoms in total. The van der Waals surface area contributed by atoms with E-state index in [1.54, 1.807) is 0 Å². The van der Waals surface area contributed by atoms with Gasteiger partial charge in [-0.15, -0.1) is 0 Å². The number of hydrogen-bond donors (Lipinski definition) is 1. The van der Waals surface area contributed by atoms with Gasteiger partial charge in [0.2, 0.25) is 5.91 Å². The maximum absolute atomic E-state index is 12.1. The molecule has 3 aromatic rings. The average molecular weight is 303 g/mol. The third-order valence-electron chi connectivity index (χ3n) is 3.88. The van der Waals surface area contributed by atoms with Gasteiger partial charge in [-0.05, 0) is 31.0 Å². The molecule has 0 bridgehead atoms. The van der Waals surface area contributed by atoms with Crippen molar-refractivity contribution in [2.24, 2.45) is 5.92 Å². The number of rotatable bonds is 3. The van der Waals surface area contributed by atoms with Gasteiger partial charge in [-0.25, -0.2) is 4.98 Å². The van der Waals surface area contributed by atoms with Gasteiger partial charge in [-0.3, -0.25) is 4.79 Å². The summed E-state index contributed by atoms with van der Waals surface area (Å²) in [6.07, 6.45) is 3.24. The summed E-state index contributed by atoms with van der Waals surface area (Å²) in [5.41, 5.74) is 1.16. The molecular formula is C17H13N5O. The first-order valence-corrected chi connectivity index (χ1v) is 7.41. The number of aromatic nitrogens is 3. The largest absolute Gasteiger partial charge is 0.309 e. The predicted octanol–water partition coefficient (Wildman–Crippen LogP) is 2.64. The SMILES string of the molecule is N#Cc1cnn(-c2ccc3ccccc3n2)c1NC(=O)C1CC1. The van der Waals surface area contributed by atoms with Crippen molar-refractivity contribution in [1.29, 1.82) is 5.26 Å². The fourth-order valence-electron chi connectivity index (χ4n) is 2.46. The van der Waals surface area contributed by atoms with E-state index in [0.717, 1.165) is 23.7 Å². The Kier molecular flexibility index (Phi) is 3.05. The van der Waals surface area contributed by atoms with Crippen LogP contribution in [0.5, 0.6) is 0 Å². The van der Waals surface area contributed by atoms with Gasteiger partial charge in [0.15, 0.2) is 11.6 Å². The van der Waals surface area contributed by atoms with Gasteiger partial charge in [0.05, 0.1) is 11.7 Å². The number of nitrogens with one attached hydrogen (secondary N) is 1. The molecule has 0 aliphatic heterocycles. The average Bonchev–Trinajstić information content (AvgIpc) is 3.36. The quantitative estimate of drug-likeness (QED) is 0.806. The molecule has 1 saturated carbocycles. The van der Waals surface area contributed by atoms with E-state index in [4.69, 9.17) is 0 Å². The van der Waals surface area contributed by atoms with Crippen molar-refractivity contribution in [3.63, 3.8) is 0 Å². The van der Waals surface area contributed by atoms with Crippen LogP contribution in [0.1, 0.15) is 18.4 Å². The molecule has 2 aromatic heterocycles. The lowest BCUT2D eigenvalue weighted by molar-refractivity contribution is -0.117. The zero-order valence-electron chi connectivity index (χ0n) is 12.2. The second-order valence-electron chi connectivity index (χ2n) is 5.56. The molecule has 4 rings (SSSR count). The molecule has 0 spiro atoms. The van der Waals surface area contributed by atoms with Crippen LogP contribution in [0.3, 0.4) is 0 Å². The van der Waals surface area contributed by atoms with E-state index in [0.29, 0.717) is 17.2 Å². The summed E-state index contributed by atoms with van der Waals surface area (Å²) in [6.45, 7) is 0. The molecule has 1 aromatic carbocycles. The van der Waals surface area contributed by atoms with E-state index in [2.05, 4.69) is 21.5 Å². The van der Waals surface area contributed by atoms with E-state index in [1.807, 2.05) is 36.4 Å². The molecule has 1 aliphatic carbocycles. The van der Waals surface area contributed by atoms with Crippen molar-refractivity contribution < 1.29 is 4.79 Å². The summed E-state index contributed by atoms with van der Waals surface area (Å²) in [6, 6.07) is 13.6. The lowest BCUT2D eigenvalue weighted by Gasteiger charge is -2.09. The lowest BCUT2D eigenvalue weighted by Crippen LogP contribution is -2.17. The molecule has 1 fully saturated rings. The molecular weight excluding hydrogens is 290 g/mol. The Morgan fingerprint density at radius 3 is 2.87 bits per heavy atom. The Balaban J connectivity index is 1.78. The minimum atomic E-state index is -0.0657. The van der Waals surface area contributed by atoms with Crippen LogP contribution in [-0.4, -0.2) is 20.7 Å². The molecule has 112 valence electrons. The van der Waals surface area contributed by atoms with Crippen molar-refractivity contribution in [2.75, 3.05) is 5.32 Å². The number of nitriles is 1. The Bertz CT molecular complexity index is 949. The van der Waals surface area contributed by atoms with Crippen LogP contribution in [0.15, 0.2) is 42.6 Å². The second-order valence-corrected chi connectivity index (χ2v) is 5.56. The second kappa shape index (κ2) is 5.21. The summed E-state index contributed by atoms with van der Waals surface area (Å²) in [5, 5.41) is 17.3. The van der Waals surface area contributed by atoms with Crippen LogP contribution in [-0.2, 0) is 4.79 Å². The number of nitrogens with zero attached hydrogens (tertiary/aromatic N) is 4. The highest BCUT2D eigenvalue weighted by atomic mass is 16.2. The minimum Gasteiger partial charge on any atom is -0.309 e. The molecule has 0 radical (unpaired) electrons. The van der Waals surface area contributed by atoms with Gasteiger partial charge in [-0.1, -0.05) is 18.2 Å². The first-order chi connectivity index (χ1) is 11.3. The Morgan fingerprint density at radius 1 is 1.26 bits per heavy atom. The first-order valence-electron chi connectivity index (χ1n) is 7.41. The number of amides is 1. The summed E-state index contributed by atoms with van der Waals surface area (Å²) < 4.78 is 1.51. The van der Waals surface area contributed by atoms with Gasteiger partial charge >= 0.3 is 0 Å². The van der Waals surface area contributed by atoms with E-state index >= 15 is 0 Å². The third kappa shape index (κ3) is 2.42. The smallest absolute Gasteiger partial charge is 0.228 e. The van der Waals surface area contributed by atoms with Crippen molar-refractivity contribution >= 4 is 22.6 Å². The molecule has 0 atom stereocenters. The number of para-hydroxylation sites is 1.